The average Bonchev–Trinajstić information content (AvgIpc) is 3.25. The highest BCUT2D eigenvalue weighted by Crippen LogP contribution is 2.38. The Bertz CT molecular complexity index is 947. The molecular formula is C19H26F2N4O5S. The van der Waals surface area contributed by atoms with Gasteiger partial charge in [-0.3, -0.25) is 0 Å². The van der Waals surface area contributed by atoms with E-state index in [0.717, 1.165) is 12.8 Å². The van der Waals surface area contributed by atoms with Gasteiger partial charge in [0.2, 0.25) is 5.95 Å². The van der Waals surface area contributed by atoms with Crippen LogP contribution in [0, 0.1) is 11.8 Å². The molecule has 31 heavy (non-hydrogen) atoms. The van der Waals surface area contributed by atoms with E-state index in [-0.39, 0.29) is 69.2 Å². The van der Waals surface area contributed by atoms with Crippen LogP contribution in [0.2, 0.25) is 0 Å². The van der Waals surface area contributed by atoms with E-state index < -0.39 is 32.6 Å². The molecule has 3 aliphatic rings. The zero-order valence-corrected chi connectivity index (χ0v) is 18.2. The van der Waals surface area contributed by atoms with Crippen molar-refractivity contribution in [2.24, 2.45) is 0 Å². The Labute approximate surface area is 179 Å². The summed E-state index contributed by atoms with van der Waals surface area (Å²) in [4.78, 5) is 19.5. The molecule has 172 valence electrons. The van der Waals surface area contributed by atoms with Crippen molar-refractivity contribution >= 4 is 27.4 Å². The van der Waals surface area contributed by atoms with E-state index in [9.17, 15) is 13.2 Å². The van der Waals surface area contributed by atoms with Crippen LogP contribution in [-0.2, 0) is 19.3 Å². The van der Waals surface area contributed by atoms with Gasteiger partial charge in [-0.1, -0.05) is 0 Å². The van der Waals surface area contributed by atoms with Crippen LogP contribution in [0.3, 0.4) is 0 Å². The van der Waals surface area contributed by atoms with Crippen LogP contribution >= 0.6 is 0 Å². The van der Waals surface area contributed by atoms with Gasteiger partial charge in [0.25, 0.3) is 0 Å². The minimum Gasteiger partial charge on any atom is -0.450 e. The third kappa shape index (κ3) is 4.27. The van der Waals surface area contributed by atoms with Crippen molar-refractivity contribution in [3.8, 4) is 0 Å². The predicted octanol–water partition coefficient (Wildman–Crippen LogP) is 1.41. The Kier molecular flexibility index (Phi) is 6.20. The van der Waals surface area contributed by atoms with Crippen LogP contribution in [-0.4, -0.2) is 88.7 Å². The standard InChI is InChI=1S/C19H26F2N4O5S/c1-2-29-19(26)24-7-5-23(6-8-24)18-14(20)16-15(17(21)22-18)25(9-11-31(16,27)28)12-13-4-3-10-30-13/h13H,2-12H2,1H3. The van der Waals surface area contributed by atoms with Gasteiger partial charge in [-0.25, -0.2) is 17.6 Å². The van der Waals surface area contributed by atoms with Crippen LogP contribution in [0.4, 0.5) is 25.1 Å². The largest absolute Gasteiger partial charge is 0.450 e. The molecule has 0 saturated carbocycles. The second-order valence-electron chi connectivity index (χ2n) is 7.79. The molecule has 0 aliphatic carbocycles. The van der Waals surface area contributed by atoms with Crippen molar-refractivity contribution in [3.63, 3.8) is 0 Å². The van der Waals surface area contributed by atoms with Crippen molar-refractivity contribution < 1.29 is 31.5 Å². The number of aromatic nitrogens is 1. The molecule has 0 radical (unpaired) electrons. The Hall–Kier alpha value is -2.21. The number of hydrogen-bond donors (Lipinski definition) is 0. The van der Waals surface area contributed by atoms with E-state index in [2.05, 4.69) is 4.98 Å². The fourth-order valence-electron chi connectivity index (χ4n) is 4.24. The molecule has 1 aromatic heterocycles. The summed E-state index contributed by atoms with van der Waals surface area (Å²) in [5.41, 5.74) is -0.312. The van der Waals surface area contributed by atoms with Gasteiger partial charge in [0.05, 0.1) is 18.5 Å². The molecule has 2 fully saturated rings. The first-order valence-electron chi connectivity index (χ1n) is 10.5. The maximum atomic E-state index is 15.5. The number of piperazine rings is 1. The molecule has 0 bridgehead atoms. The fraction of sp³-hybridized carbons (Fsp3) is 0.684. The van der Waals surface area contributed by atoms with Gasteiger partial charge in [-0.15, -0.1) is 0 Å². The zero-order valence-electron chi connectivity index (χ0n) is 17.3. The van der Waals surface area contributed by atoms with Gasteiger partial charge in [0, 0.05) is 45.9 Å². The molecule has 9 nitrogen and oxygen atoms in total. The van der Waals surface area contributed by atoms with E-state index in [1.807, 2.05) is 0 Å². The number of rotatable bonds is 4. The van der Waals surface area contributed by atoms with Crippen LogP contribution in [0.25, 0.3) is 0 Å². The minimum atomic E-state index is -4.00. The number of carbonyl (C=O) groups excluding carboxylic acids is 1. The zero-order chi connectivity index (χ0) is 22.2. The summed E-state index contributed by atoms with van der Waals surface area (Å²) < 4.78 is 66.5. The lowest BCUT2D eigenvalue weighted by atomic mass is 10.2. The second-order valence-corrected chi connectivity index (χ2v) is 9.84. The third-order valence-corrected chi connectivity index (χ3v) is 7.54. The second kappa shape index (κ2) is 8.73. The van der Waals surface area contributed by atoms with E-state index in [0.29, 0.717) is 6.61 Å². The highest BCUT2D eigenvalue weighted by Gasteiger charge is 2.39. The molecule has 0 aromatic carbocycles. The van der Waals surface area contributed by atoms with E-state index in [1.165, 1.54) is 14.7 Å². The summed E-state index contributed by atoms with van der Waals surface area (Å²) >= 11 is 0. The monoisotopic (exact) mass is 460 g/mol. The lowest BCUT2D eigenvalue weighted by Gasteiger charge is -2.37. The molecule has 4 rings (SSSR count). The number of sulfone groups is 1. The summed E-state index contributed by atoms with van der Waals surface area (Å²) in [7, 11) is -4.00. The van der Waals surface area contributed by atoms with Crippen molar-refractivity contribution in [2.75, 3.05) is 68.0 Å². The highest BCUT2D eigenvalue weighted by molar-refractivity contribution is 7.91. The highest BCUT2D eigenvalue weighted by atomic mass is 32.2. The Morgan fingerprint density at radius 1 is 1.23 bits per heavy atom. The maximum Gasteiger partial charge on any atom is 0.409 e. The number of halogens is 2. The Balaban J connectivity index is 1.62. The number of ether oxygens (including phenoxy) is 2. The number of pyridine rings is 1. The average molecular weight is 461 g/mol. The van der Waals surface area contributed by atoms with Gasteiger partial charge in [0.1, 0.15) is 10.6 Å². The van der Waals surface area contributed by atoms with Gasteiger partial charge < -0.3 is 24.2 Å². The number of carbonyl (C=O) groups is 1. The fourth-order valence-corrected chi connectivity index (χ4v) is 5.78. The Morgan fingerprint density at radius 3 is 2.61 bits per heavy atom. The first-order valence-corrected chi connectivity index (χ1v) is 12.1. The lowest BCUT2D eigenvalue weighted by Crippen LogP contribution is -2.49. The number of amides is 1. The molecule has 4 heterocycles. The van der Waals surface area contributed by atoms with E-state index in [4.69, 9.17) is 9.47 Å². The lowest BCUT2D eigenvalue weighted by molar-refractivity contribution is 0.105. The summed E-state index contributed by atoms with van der Waals surface area (Å²) in [6.45, 7) is 3.73. The molecule has 3 aliphatic heterocycles. The minimum absolute atomic E-state index is 0.0603. The first kappa shape index (κ1) is 22.0. The molecule has 1 amide bonds. The van der Waals surface area contributed by atoms with Crippen molar-refractivity contribution in [3.05, 3.63) is 11.8 Å². The van der Waals surface area contributed by atoms with E-state index in [1.54, 1.807) is 6.92 Å². The van der Waals surface area contributed by atoms with Crippen molar-refractivity contribution in [2.45, 2.75) is 30.8 Å². The molecule has 0 spiro atoms. The van der Waals surface area contributed by atoms with Crippen molar-refractivity contribution in [1.82, 2.24) is 9.88 Å². The molecule has 1 unspecified atom stereocenters. The number of fused-ring (bicyclic) bond motifs is 1. The van der Waals surface area contributed by atoms with E-state index >= 15 is 8.78 Å². The predicted molar refractivity (Wildman–Crippen MR) is 108 cm³/mol. The molecule has 12 heteroatoms. The molecule has 0 N–H and O–H groups in total. The van der Waals surface area contributed by atoms with Crippen molar-refractivity contribution in [1.29, 1.82) is 0 Å². The molecule has 1 atom stereocenters. The number of hydrogen-bond acceptors (Lipinski definition) is 8. The quantitative estimate of drug-likeness (QED) is 0.623. The van der Waals surface area contributed by atoms with Crippen LogP contribution < -0.4 is 9.80 Å². The number of nitrogens with zero attached hydrogens (tertiary/aromatic N) is 4. The van der Waals surface area contributed by atoms with Crippen LogP contribution in [0.1, 0.15) is 19.8 Å². The van der Waals surface area contributed by atoms with Gasteiger partial charge in [-0.05, 0) is 19.8 Å². The van der Waals surface area contributed by atoms with Gasteiger partial charge >= 0.3 is 6.09 Å². The molecular weight excluding hydrogens is 434 g/mol. The smallest absolute Gasteiger partial charge is 0.409 e. The topological polar surface area (TPSA) is 92.3 Å². The third-order valence-electron chi connectivity index (χ3n) is 5.82. The number of anilines is 2. The van der Waals surface area contributed by atoms with Crippen LogP contribution in [0.5, 0.6) is 0 Å². The SMILES string of the molecule is CCOC(=O)N1CCN(c2nc(F)c3c(c2F)S(=O)(=O)CCN3CC2CCCO2)CC1. The summed E-state index contributed by atoms with van der Waals surface area (Å²) in [6.07, 6.45) is 1.06. The van der Waals surface area contributed by atoms with Gasteiger partial charge in [0.15, 0.2) is 21.5 Å². The summed E-state index contributed by atoms with van der Waals surface area (Å²) in [5, 5.41) is 0. The summed E-state index contributed by atoms with van der Waals surface area (Å²) in [6, 6.07) is 0. The first-order chi connectivity index (χ1) is 14.8. The van der Waals surface area contributed by atoms with Gasteiger partial charge in [-0.2, -0.15) is 9.37 Å². The Morgan fingerprint density at radius 2 is 1.97 bits per heavy atom. The van der Waals surface area contributed by atoms with Crippen LogP contribution in [0.15, 0.2) is 4.90 Å². The molecule has 2 saturated heterocycles. The molecule has 1 aromatic rings. The summed E-state index contributed by atoms with van der Waals surface area (Å²) in [5.74, 6) is -2.70. The maximum absolute atomic E-state index is 15.5. The normalized spacial score (nSPS) is 23.1.